The summed E-state index contributed by atoms with van der Waals surface area (Å²) in [5.41, 5.74) is 3.57. The lowest BCUT2D eigenvalue weighted by atomic mass is 10.2. The molecule has 0 saturated carbocycles. The van der Waals surface area contributed by atoms with E-state index in [4.69, 9.17) is 13.9 Å². The normalized spacial score (nSPS) is 12.8. The minimum Gasteiger partial charge on any atom is -0.454 e. The monoisotopic (exact) mass is 399 g/mol. The van der Waals surface area contributed by atoms with E-state index < -0.39 is 0 Å². The van der Waals surface area contributed by atoms with E-state index in [-0.39, 0.29) is 18.3 Å². The molecule has 2 aromatic heterocycles. The predicted molar refractivity (Wildman–Crippen MR) is 105 cm³/mol. The summed E-state index contributed by atoms with van der Waals surface area (Å²) >= 11 is 1.24. The van der Waals surface area contributed by atoms with Crippen molar-refractivity contribution in [3.8, 4) is 23.0 Å². The Morgan fingerprint density at radius 1 is 1.18 bits per heavy atom. The van der Waals surface area contributed by atoms with Crippen molar-refractivity contribution in [1.82, 2.24) is 14.8 Å². The fourth-order valence-corrected chi connectivity index (χ4v) is 4.12. The maximum absolute atomic E-state index is 12.7. The summed E-state index contributed by atoms with van der Waals surface area (Å²) in [6.07, 6.45) is 0. The van der Waals surface area contributed by atoms with Gasteiger partial charge >= 0.3 is 0 Å². The summed E-state index contributed by atoms with van der Waals surface area (Å²) in [5, 5.41) is 8.47. The molecule has 0 N–H and O–H groups in total. The van der Waals surface area contributed by atoms with Crippen molar-refractivity contribution in [2.45, 2.75) is 39.0 Å². The molecule has 4 rings (SSSR count). The molecule has 0 bridgehead atoms. The van der Waals surface area contributed by atoms with Crippen LogP contribution < -0.4 is 9.47 Å². The van der Waals surface area contributed by atoms with E-state index in [1.165, 1.54) is 11.8 Å². The number of ether oxygens (including phenoxy) is 2. The van der Waals surface area contributed by atoms with E-state index >= 15 is 0 Å². The van der Waals surface area contributed by atoms with Gasteiger partial charge in [-0.05, 0) is 52.0 Å². The van der Waals surface area contributed by atoms with Crippen LogP contribution >= 0.6 is 11.8 Å². The van der Waals surface area contributed by atoms with Gasteiger partial charge in [-0.2, -0.15) is 0 Å². The number of benzene rings is 1. The zero-order chi connectivity index (χ0) is 19.8. The van der Waals surface area contributed by atoms with Crippen LogP contribution in [0.15, 0.2) is 33.9 Å². The number of fused-ring (bicyclic) bond motifs is 1. The second kappa shape index (κ2) is 7.35. The van der Waals surface area contributed by atoms with Crippen LogP contribution in [0.25, 0.3) is 11.5 Å². The number of hydrogen-bond donors (Lipinski definition) is 0. The molecule has 1 aliphatic rings. The second-order valence-electron chi connectivity index (χ2n) is 6.90. The summed E-state index contributed by atoms with van der Waals surface area (Å²) in [6, 6.07) is 7.71. The van der Waals surface area contributed by atoms with Crippen molar-refractivity contribution in [3.63, 3.8) is 0 Å². The first kappa shape index (κ1) is 18.6. The largest absolute Gasteiger partial charge is 0.454 e. The van der Waals surface area contributed by atoms with E-state index in [0.29, 0.717) is 28.7 Å². The number of rotatable bonds is 6. The van der Waals surface area contributed by atoms with Gasteiger partial charge in [0.2, 0.25) is 12.7 Å². The third kappa shape index (κ3) is 3.40. The van der Waals surface area contributed by atoms with Crippen LogP contribution in [0.5, 0.6) is 11.5 Å². The maximum Gasteiger partial charge on any atom is 0.277 e. The molecule has 0 saturated heterocycles. The van der Waals surface area contributed by atoms with E-state index in [9.17, 15) is 4.79 Å². The molecule has 0 aliphatic carbocycles. The number of aromatic nitrogens is 3. The first-order chi connectivity index (χ1) is 13.4. The summed E-state index contributed by atoms with van der Waals surface area (Å²) in [7, 11) is 0. The SMILES string of the molecule is Cc1cc(C(=O)CSc2nnc(-c3ccc4c(c3)OCO4)o2)c(C)n1C(C)C. The summed E-state index contributed by atoms with van der Waals surface area (Å²) < 4.78 is 18.5. The Balaban J connectivity index is 1.45. The van der Waals surface area contributed by atoms with E-state index in [1.807, 2.05) is 32.0 Å². The van der Waals surface area contributed by atoms with Gasteiger partial charge in [0.1, 0.15) is 0 Å². The van der Waals surface area contributed by atoms with Gasteiger partial charge in [0, 0.05) is 28.6 Å². The lowest BCUT2D eigenvalue weighted by molar-refractivity contribution is 0.102. The van der Waals surface area contributed by atoms with Gasteiger partial charge in [0.05, 0.1) is 5.75 Å². The number of Topliss-reactive ketones (excluding diaryl/α,β-unsaturated/α-hetero) is 1. The number of ketones is 1. The summed E-state index contributed by atoms with van der Waals surface area (Å²) in [6.45, 7) is 8.43. The molecule has 0 unspecified atom stereocenters. The Hall–Kier alpha value is -2.74. The van der Waals surface area contributed by atoms with Crippen molar-refractivity contribution < 1.29 is 18.7 Å². The van der Waals surface area contributed by atoms with Gasteiger partial charge in [-0.3, -0.25) is 4.79 Å². The van der Waals surface area contributed by atoms with Gasteiger partial charge in [-0.1, -0.05) is 11.8 Å². The molecule has 0 fully saturated rings. The highest BCUT2D eigenvalue weighted by atomic mass is 32.2. The number of thioether (sulfide) groups is 1. The smallest absolute Gasteiger partial charge is 0.277 e. The van der Waals surface area contributed by atoms with Gasteiger partial charge in [-0.25, -0.2) is 0 Å². The average Bonchev–Trinajstić information content (AvgIpc) is 3.37. The van der Waals surface area contributed by atoms with Crippen LogP contribution in [-0.2, 0) is 0 Å². The lowest BCUT2D eigenvalue weighted by Gasteiger charge is -2.13. The van der Waals surface area contributed by atoms with Crippen LogP contribution in [-0.4, -0.2) is 33.1 Å². The number of carbonyl (C=O) groups is 1. The Bertz CT molecular complexity index is 1040. The highest BCUT2D eigenvalue weighted by molar-refractivity contribution is 7.99. The molecule has 0 amide bonds. The van der Waals surface area contributed by atoms with Crippen LogP contribution in [0.3, 0.4) is 0 Å². The average molecular weight is 399 g/mol. The van der Waals surface area contributed by atoms with Crippen LogP contribution in [0.2, 0.25) is 0 Å². The zero-order valence-electron chi connectivity index (χ0n) is 16.2. The molecule has 0 radical (unpaired) electrons. The van der Waals surface area contributed by atoms with Gasteiger partial charge in [0.15, 0.2) is 17.3 Å². The van der Waals surface area contributed by atoms with Crippen LogP contribution in [0.4, 0.5) is 0 Å². The van der Waals surface area contributed by atoms with Crippen molar-refractivity contribution in [3.05, 3.63) is 41.2 Å². The van der Waals surface area contributed by atoms with Gasteiger partial charge < -0.3 is 18.5 Å². The van der Waals surface area contributed by atoms with Crippen molar-refractivity contribution >= 4 is 17.5 Å². The Kier molecular flexibility index (Phi) is 4.89. The minimum atomic E-state index is 0.0489. The molecule has 0 spiro atoms. The third-order valence-electron chi connectivity index (χ3n) is 4.65. The molecule has 28 heavy (non-hydrogen) atoms. The zero-order valence-corrected chi connectivity index (χ0v) is 17.0. The first-order valence-corrected chi connectivity index (χ1v) is 10.0. The molecule has 7 nitrogen and oxygen atoms in total. The molecule has 0 atom stereocenters. The molecule has 8 heteroatoms. The van der Waals surface area contributed by atoms with Crippen molar-refractivity contribution in [2.24, 2.45) is 0 Å². The number of aryl methyl sites for hydroxylation is 1. The van der Waals surface area contributed by atoms with Crippen LogP contribution in [0.1, 0.15) is 41.6 Å². The Labute approximate surface area is 167 Å². The van der Waals surface area contributed by atoms with Gasteiger partial charge in [0.25, 0.3) is 5.22 Å². The quantitative estimate of drug-likeness (QED) is 0.448. The molecular weight excluding hydrogens is 378 g/mol. The lowest BCUT2D eigenvalue weighted by Crippen LogP contribution is -2.08. The minimum absolute atomic E-state index is 0.0489. The molecule has 3 aromatic rings. The fraction of sp³-hybridized carbons (Fsp3) is 0.350. The molecule has 146 valence electrons. The molecule has 3 heterocycles. The topological polar surface area (TPSA) is 79.4 Å². The Morgan fingerprint density at radius 2 is 1.96 bits per heavy atom. The number of nitrogens with zero attached hydrogens (tertiary/aromatic N) is 3. The van der Waals surface area contributed by atoms with E-state index in [1.54, 1.807) is 6.07 Å². The van der Waals surface area contributed by atoms with Crippen LogP contribution in [0, 0.1) is 13.8 Å². The van der Waals surface area contributed by atoms with E-state index in [2.05, 4.69) is 28.6 Å². The molecular formula is C20H21N3O4S. The first-order valence-electron chi connectivity index (χ1n) is 9.02. The fourth-order valence-electron chi connectivity index (χ4n) is 3.47. The van der Waals surface area contributed by atoms with Crippen molar-refractivity contribution in [2.75, 3.05) is 12.5 Å². The molecule has 1 aromatic carbocycles. The highest BCUT2D eigenvalue weighted by Gasteiger charge is 2.20. The summed E-state index contributed by atoms with van der Waals surface area (Å²) in [4.78, 5) is 12.7. The standard InChI is InChI=1S/C20H21N3O4S/c1-11(2)23-12(3)7-15(13(23)4)16(24)9-28-20-22-21-19(27-20)14-5-6-17-18(8-14)26-10-25-17/h5-8,11H,9-10H2,1-4H3. The third-order valence-corrected chi connectivity index (χ3v) is 5.47. The Morgan fingerprint density at radius 3 is 2.71 bits per heavy atom. The van der Waals surface area contributed by atoms with E-state index in [0.717, 1.165) is 22.5 Å². The molecule has 1 aliphatic heterocycles. The number of hydrogen-bond acceptors (Lipinski definition) is 7. The number of carbonyl (C=O) groups excluding carboxylic acids is 1. The highest BCUT2D eigenvalue weighted by Crippen LogP contribution is 2.36. The van der Waals surface area contributed by atoms with Gasteiger partial charge in [-0.15, -0.1) is 10.2 Å². The maximum atomic E-state index is 12.7. The predicted octanol–water partition coefficient (Wildman–Crippen LogP) is 4.44. The summed E-state index contributed by atoms with van der Waals surface area (Å²) in [5.74, 6) is 2.02. The van der Waals surface area contributed by atoms with Crippen molar-refractivity contribution in [1.29, 1.82) is 0 Å². The second-order valence-corrected chi connectivity index (χ2v) is 7.83.